The molecule has 0 N–H and O–H groups in total. The van der Waals surface area contributed by atoms with Crippen molar-refractivity contribution in [3.05, 3.63) is 28.2 Å². The average Bonchev–Trinajstić information content (AvgIpc) is 2.32. The van der Waals surface area contributed by atoms with Crippen molar-refractivity contribution in [1.29, 1.82) is 0 Å². The minimum absolute atomic E-state index is 0.112. The lowest BCUT2D eigenvalue weighted by Gasteiger charge is -2.11. The number of ether oxygens (including phenoxy) is 1. The number of esters is 1. The van der Waals surface area contributed by atoms with Crippen LogP contribution in [0, 0.1) is 0 Å². The van der Waals surface area contributed by atoms with Crippen LogP contribution in [0.4, 0.5) is 0 Å². The zero-order chi connectivity index (χ0) is 13.7. The highest BCUT2D eigenvalue weighted by atomic mass is 35.5. The van der Waals surface area contributed by atoms with Crippen molar-refractivity contribution in [3.8, 4) is 0 Å². The number of rotatable bonds is 5. The number of carbonyl (C=O) groups is 1. The molecule has 0 aliphatic heterocycles. The predicted octanol–water partition coefficient (Wildman–Crippen LogP) is 3.44. The van der Waals surface area contributed by atoms with Gasteiger partial charge in [-0.3, -0.25) is 9.00 Å². The molecule has 1 aromatic rings. The van der Waals surface area contributed by atoms with E-state index >= 15 is 0 Å². The number of hydrogen-bond donors (Lipinski definition) is 0. The molecular weight excluding hydrogens is 295 g/mol. The molecule has 3 nitrogen and oxygen atoms in total. The second kappa shape index (κ2) is 7.12. The zero-order valence-electron chi connectivity index (χ0n) is 10.1. The number of hydrogen-bond acceptors (Lipinski definition) is 3. The monoisotopic (exact) mass is 308 g/mol. The van der Waals surface area contributed by atoms with Gasteiger partial charge in [0.25, 0.3) is 0 Å². The Balaban J connectivity index is 2.74. The van der Waals surface area contributed by atoms with Crippen molar-refractivity contribution in [2.75, 3.05) is 6.61 Å². The van der Waals surface area contributed by atoms with Crippen LogP contribution < -0.4 is 0 Å². The molecule has 1 aromatic carbocycles. The SMILES string of the molecule is CCOC(=O)CC(C)S(=O)c1ccc(Cl)c(Cl)c1. The molecule has 18 heavy (non-hydrogen) atoms. The molecule has 0 aromatic heterocycles. The van der Waals surface area contributed by atoms with Gasteiger partial charge in [0.1, 0.15) is 0 Å². The van der Waals surface area contributed by atoms with Gasteiger partial charge in [0.15, 0.2) is 0 Å². The first-order valence-electron chi connectivity index (χ1n) is 5.47. The molecule has 100 valence electrons. The van der Waals surface area contributed by atoms with Gasteiger partial charge in [0.2, 0.25) is 0 Å². The van der Waals surface area contributed by atoms with Gasteiger partial charge in [-0.25, -0.2) is 0 Å². The van der Waals surface area contributed by atoms with E-state index in [4.69, 9.17) is 27.9 Å². The number of halogens is 2. The minimum Gasteiger partial charge on any atom is -0.466 e. The Morgan fingerprint density at radius 2 is 2.06 bits per heavy atom. The molecule has 0 radical (unpaired) electrons. The van der Waals surface area contributed by atoms with Crippen molar-refractivity contribution in [2.45, 2.75) is 30.4 Å². The maximum absolute atomic E-state index is 12.1. The zero-order valence-corrected chi connectivity index (χ0v) is 12.4. The average molecular weight is 309 g/mol. The highest BCUT2D eigenvalue weighted by Gasteiger charge is 2.18. The third kappa shape index (κ3) is 4.26. The van der Waals surface area contributed by atoms with E-state index in [2.05, 4.69) is 0 Å². The van der Waals surface area contributed by atoms with Gasteiger partial charge in [-0.1, -0.05) is 23.2 Å². The van der Waals surface area contributed by atoms with Gasteiger partial charge in [-0.05, 0) is 32.0 Å². The first-order chi connectivity index (χ1) is 8.45. The number of benzene rings is 1. The second-order valence-electron chi connectivity index (χ2n) is 3.69. The molecular formula is C12H14Cl2O3S. The smallest absolute Gasteiger partial charge is 0.306 e. The van der Waals surface area contributed by atoms with Crippen LogP contribution >= 0.6 is 23.2 Å². The summed E-state index contributed by atoms with van der Waals surface area (Å²) in [5, 5.41) is 0.433. The lowest BCUT2D eigenvalue weighted by molar-refractivity contribution is -0.143. The minimum atomic E-state index is -1.31. The fourth-order valence-electron chi connectivity index (χ4n) is 1.36. The molecule has 0 heterocycles. The largest absolute Gasteiger partial charge is 0.466 e. The van der Waals surface area contributed by atoms with Crippen LogP contribution in [-0.2, 0) is 20.3 Å². The molecule has 0 aliphatic rings. The van der Waals surface area contributed by atoms with E-state index in [0.29, 0.717) is 21.5 Å². The summed E-state index contributed by atoms with van der Waals surface area (Å²) in [6.45, 7) is 3.79. The van der Waals surface area contributed by atoms with Gasteiger partial charge in [-0.15, -0.1) is 0 Å². The Hall–Kier alpha value is -0.580. The van der Waals surface area contributed by atoms with Crippen LogP contribution in [0.25, 0.3) is 0 Å². The van der Waals surface area contributed by atoms with Gasteiger partial charge in [-0.2, -0.15) is 0 Å². The lowest BCUT2D eigenvalue weighted by atomic mass is 10.3. The van der Waals surface area contributed by atoms with Crippen LogP contribution in [0.1, 0.15) is 20.3 Å². The highest BCUT2D eigenvalue weighted by Crippen LogP contribution is 2.25. The first kappa shape index (κ1) is 15.5. The molecule has 2 atom stereocenters. The van der Waals surface area contributed by atoms with E-state index in [9.17, 15) is 9.00 Å². The normalized spacial score (nSPS) is 14.0. The van der Waals surface area contributed by atoms with Crippen LogP contribution in [0.3, 0.4) is 0 Å². The molecule has 6 heteroatoms. The summed E-state index contributed by atoms with van der Waals surface area (Å²) in [4.78, 5) is 11.9. The third-order valence-electron chi connectivity index (χ3n) is 2.25. The summed E-state index contributed by atoms with van der Waals surface area (Å²) in [6, 6.07) is 4.79. The van der Waals surface area contributed by atoms with E-state index in [1.165, 1.54) is 0 Å². The first-order valence-corrected chi connectivity index (χ1v) is 7.43. The molecule has 1 rings (SSSR count). The summed E-state index contributed by atoms with van der Waals surface area (Å²) in [6.07, 6.45) is 0.112. The lowest BCUT2D eigenvalue weighted by Crippen LogP contribution is -2.18. The Morgan fingerprint density at radius 3 is 2.61 bits per heavy atom. The van der Waals surface area contributed by atoms with Crippen LogP contribution in [0.15, 0.2) is 23.1 Å². The Kier molecular flexibility index (Phi) is 6.12. The van der Waals surface area contributed by atoms with Crippen molar-refractivity contribution >= 4 is 40.0 Å². The molecule has 0 bridgehead atoms. The van der Waals surface area contributed by atoms with E-state index in [1.807, 2.05) is 0 Å². The van der Waals surface area contributed by atoms with Crippen LogP contribution in [0.2, 0.25) is 10.0 Å². The molecule has 0 saturated heterocycles. The standard InChI is InChI=1S/C12H14Cl2O3S/c1-3-17-12(15)6-8(2)18(16)9-4-5-10(13)11(14)7-9/h4-5,7-8H,3,6H2,1-2H3. The third-order valence-corrected chi connectivity index (χ3v) is 4.60. The number of carbonyl (C=O) groups excluding carboxylic acids is 1. The van der Waals surface area contributed by atoms with E-state index in [-0.39, 0.29) is 17.6 Å². The fourth-order valence-corrected chi connectivity index (χ4v) is 2.92. The molecule has 0 saturated carbocycles. The summed E-state index contributed by atoms with van der Waals surface area (Å²) < 4.78 is 17.0. The van der Waals surface area contributed by atoms with Crippen molar-refractivity contribution in [1.82, 2.24) is 0 Å². The van der Waals surface area contributed by atoms with Crippen molar-refractivity contribution in [3.63, 3.8) is 0 Å². The second-order valence-corrected chi connectivity index (χ2v) is 6.38. The summed E-state index contributed by atoms with van der Waals surface area (Å²) in [5.41, 5.74) is 0. The maximum Gasteiger partial charge on any atom is 0.306 e. The molecule has 0 fully saturated rings. The van der Waals surface area contributed by atoms with Crippen LogP contribution in [-0.4, -0.2) is 22.0 Å². The Morgan fingerprint density at radius 1 is 1.39 bits per heavy atom. The van der Waals surface area contributed by atoms with E-state index < -0.39 is 10.8 Å². The van der Waals surface area contributed by atoms with Gasteiger partial charge in [0.05, 0.1) is 33.9 Å². The molecule has 0 spiro atoms. The maximum atomic E-state index is 12.1. The topological polar surface area (TPSA) is 43.4 Å². The molecule has 0 amide bonds. The predicted molar refractivity (Wildman–Crippen MR) is 73.6 cm³/mol. The van der Waals surface area contributed by atoms with Crippen molar-refractivity contribution < 1.29 is 13.7 Å². The van der Waals surface area contributed by atoms with Gasteiger partial charge >= 0.3 is 5.97 Å². The van der Waals surface area contributed by atoms with E-state index in [1.54, 1.807) is 32.0 Å². The van der Waals surface area contributed by atoms with E-state index in [0.717, 1.165) is 0 Å². The van der Waals surface area contributed by atoms with Crippen molar-refractivity contribution in [2.24, 2.45) is 0 Å². The Labute approximate surface area is 119 Å². The molecule has 0 aliphatic carbocycles. The van der Waals surface area contributed by atoms with Gasteiger partial charge < -0.3 is 4.74 Å². The van der Waals surface area contributed by atoms with Gasteiger partial charge in [0, 0.05) is 10.1 Å². The quantitative estimate of drug-likeness (QED) is 0.783. The summed E-state index contributed by atoms with van der Waals surface area (Å²) in [5.74, 6) is -0.349. The summed E-state index contributed by atoms with van der Waals surface area (Å²) >= 11 is 11.6. The van der Waals surface area contributed by atoms with Crippen LogP contribution in [0.5, 0.6) is 0 Å². The summed E-state index contributed by atoms with van der Waals surface area (Å²) in [7, 11) is -1.31. The molecule has 2 unspecified atom stereocenters. The fraction of sp³-hybridized carbons (Fsp3) is 0.417. The highest BCUT2D eigenvalue weighted by molar-refractivity contribution is 7.85. The Bertz CT molecular complexity index is 463.